The number of piperidine rings is 1. The SMILES string of the molecule is Cc1[nH]c(C2CCCN(S(=O)(=O)CCCF)C2)nc1C(=O)O. The zero-order valence-corrected chi connectivity index (χ0v) is 13.2. The van der Waals surface area contributed by atoms with Crippen LogP contribution in [0.3, 0.4) is 0 Å². The lowest BCUT2D eigenvalue weighted by atomic mass is 9.99. The number of sulfonamides is 1. The highest BCUT2D eigenvalue weighted by atomic mass is 32.2. The van der Waals surface area contributed by atoms with Crippen LogP contribution in [0, 0.1) is 6.92 Å². The maximum Gasteiger partial charge on any atom is 0.356 e. The van der Waals surface area contributed by atoms with Crippen molar-refractivity contribution < 1.29 is 22.7 Å². The quantitative estimate of drug-likeness (QED) is 0.816. The molecule has 0 bridgehead atoms. The van der Waals surface area contributed by atoms with Gasteiger partial charge in [-0.25, -0.2) is 22.5 Å². The summed E-state index contributed by atoms with van der Waals surface area (Å²) in [6.45, 7) is 1.63. The van der Waals surface area contributed by atoms with E-state index in [0.29, 0.717) is 24.5 Å². The molecule has 1 aromatic heterocycles. The molecule has 1 aromatic rings. The zero-order valence-electron chi connectivity index (χ0n) is 12.4. The highest BCUT2D eigenvalue weighted by Crippen LogP contribution is 2.27. The topological polar surface area (TPSA) is 103 Å². The van der Waals surface area contributed by atoms with Crippen molar-refractivity contribution in [2.24, 2.45) is 0 Å². The molecule has 22 heavy (non-hydrogen) atoms. The van der Waals surface area contributed by atoms with Crippen molar-refractivity contribution >= 4 is 16.0 Å². The van der Waals surface area contributed by atoms with Crippen LogP contribution >= 0.6 is 0 Å². The predicted molar refractivity (Wildman–Crippen MR) is 78.2 cm³/mol. The number of alkyl halides is 1. The summed E-state index contributed by atoms with van der Waals surface area (Å²) in [6, 6.07) is 0. The smallest absolute Gasteiger partial charge is 0.356 e. The molecule has 2 N–H and O–H groups in total. The van der Waals surface area contributed by atoms with Gasteiger partial charge in [0.1, 0.15) is 5.82 Å². The lowest BCUT2D eigenvalue weighted by Crippen LogP contribution is -2.40. The zero-order chi connectivity index (χ0) is 16.3. The van der Waals surface area contributed by atoms with Crippen molar-refractivity contribution in [2.75, 3.05) is 25.5 Å². The molecule has 0 amide bonds. The first kappa shape index (κ1) is 16.9. The van der Waals surface area contributed by atoms with Gasteiger partial charge in [-0.05, 0) is 26.2 Å². The Morgan fingerprint density at radius 3 is 2.86 bits per heavy atom. The molecule has 124 valence electrons. The second-order valence-electron chi connectivity index (χ2n) is 5.46. The minimum atomic E-state index is -3.47. The van der Waals surface area contributed by atoms with E-state index in [9.17, 15) is 17.6 Å². The van der Waals surface area contributed by atoms with Crippen LogP contribution in [0.1, 0.15) is 47.2 Å². The number of rotatable bonds is 6. The van der Waals surface area contributed by atoms with E-state index in [1.807, 2.05) is 0 Å². The first-order chi connectivity index (χ1) is 10.3. The lowest BCUT2D eigenvalue weighted by molar-refractivity contribution is 0.0690. The second-order valence-corrected chi connectivity index (χ2v) is 7.54. The maximum atomic E-state index is 12.2. The number of nitrogens with zero attached hydrogens (tertiary/aromatic N) is 2. The molecular weight excluding hydrogens is 313 g/mol. The molecule has 2 heterocycles. The number of H-pyrrole nitrogens is 1. The maximum absolute atomic E-state index is 12.2. The van der Waals surface area contributed by atoms with E-state index < -0.39 is 22.7 Å². The van der Waals surface area contributed by atoms with Crippen molar-refractivity contribution in [3.63, 3.8) is 0 Å². The fourth-order valence-electron chi connectivity index (χ4n) is 2.67. The molecular formula is C13H20FN3O4S. The Bertz CT molecular complexity index is 644. The highest BCUT2D eigenvalue weighted by Gasteiger charge is 2.31. The molecule has 0 spiro atoms. The van der Waals surface area contributed by atoms with Gasteiger partial charge in [0.05, 0.1) is 12.4 Å². The number of imidazole rings is 1. The van der Waals surface area contributed by atoms with Crippen LogP contribution in [0.2, 0.25) is 0 Å². The molecule has 0 radical (unpaired) electrons. The van der Waals surface area contributed by atoms with Gasteiger partial charge >= 0.3 is 5.97 Å². The van der Waals surface area contributed by atoms with Gasteiger partial charge in [0, 0.05) is 24.7 Å². The Morgan fingerprint density at radius 2 is 2.27 bits per heavy atom. The van der Waals surface area contributed by atoms with Gasteiger partial charge in [-0.3, -0.25) is 4.39 Å². The summed E-state index contributed by atoms with van der Waals surface area (Å²) in [7, 11) is -3.47. The van der Waals surface area contributed by atoms with Crippen LogP contribution in [0.4, 0.5) is 4.39 Å². The first-order valence-electron chi connectivity index (χ1n) is 7.18. The Labute approximate surface area is 128 Å². The number of carbonyl (C=O) groups is 1. The molecule has 9 heteroatoms. The summed E-state index contributed by atoms with van der Waals surface area (Å²) in [4.78, 5) is 18.0. The van der Waals surface area contributed by atoms with Gasteiger partial charge in [0.15, 0.2) is 5.69 Å². The molecule has 1 fully saturated rings. The Hall–Kier alpha value is -1.48. The van der Waals surface area contributed by atoms with Crippen LogP contribution in [0.25, 0.3) is 0 Å². The number of aromatic nitrogens is 2. The number of aromatic amines is 1. The number of hydrogen-bond donors (Lipinski definition) is 2. The van der Waals surface area contributed by atoms with Crippen molar-refractivity contribution in [3.05, 3.63) is 17.2 Å². The molecule has 1 aliphatic heterocycles. The van der Waals surface area contributed by atoms with Crippen molar-refractivity contribution in [1.82, 2.24) is 14.3 Å². The fourth-order valence-corrected chi connectivity index (χ4v) is 4.22. The number of nitrogens with one attached hydrogen (secondary N) is 1. The van der Waals surface area contributed by atoms with Gasteiger partial charge in [0.2, 0.25) is 10.0 Å². The lowest BCUT2D eigenvalue weighted by Gasteiger charge is -2.30. The van der Waals surface area contributed by atoms with Crippen LogP contribution in [0.15, 0.2) is 0 Å². The van der Waals surface area contributed by atoms with Gasteiger partial charge < -0.3 is 10.1 Å². The number of carboxylic acids is 1. The number of aryl methyl sites for hydroxylation is 1. The number of aromatic carboxylic acids is 1. The molecule has 1 unspecified atom stereocenters. The second kappa shape index (κ2) is 6.74. The predicted octanol–water partition coefficient (Wildman–Crippen LogP) is 1.29. The monoisotopic (exact) mass is 333 g/mol. The standard InChI is InChI=1S/C13H20FN3O4S/c1-9-11(13(18)19)16-12(15-9)10-4-2-6-17(8-10)22(20,21)7-3-5-14/h10H,2-8H2,1H3,(H,15,16)(H,18,19). The van der Waals surface area contributed by atoms with E-state index in [-0.39, 0.29) is 30.3 Å². The highest BCUT2D eigenvalue weighted by molar-refractivity contribution is 7.89. The van der Waals surface area contributed by atoms with Crippen molar-refractivity contribution in [1.29, 1.82) is 0 Å². The Morgan fingerprint density at radius 1 is 1.55 bits per heavy atom. The molecule has 7 nitrogen and oxygen atoms in total. The van der Waals surface area contributed by atoms with Crippen LogP contribution in [-0.2, 0) is 10.0 Å². The average molecular weight is 333 g/mol. The number of carboxylic acid groups (broad SMARTS) is 1. The van der Waals surface area contributed by atoms with Crippen molar-refractivity contribution in [2.45, 2.75) is 32.1 Å². The molecule has 2 rings (SSSR count). The summed E-state index contributed by atoms with van der Waals surface area (Å²) >= 11 is 0. The molecule has 0 aromatic carbocycles. The van der Waals surface area contributed by atoms with E-state index in [1.54, 1.807) is 6.92 Å². The van der Waals surface area contributed by atoms with Gasteiger partial charge in [-0.1, -0.05) is 0 Å². The molecule has 1 atom stereocenters. The van der Waals surface area contributed by atoms with E-state index in [2.05, 4.69) is 9.97 Å². The van der Waals surface area contributed by atoms with Gasteiger partial charge in [-0.2, -0.15) is 0 Å². The summed E-state index contributed by atoms with van der Waals surface area (Å²) in [5, 5.41) is 9.03. The van der Waals surface area contributed by atoms with Gasteiger partial charge in [0.25, 0.3) is 0 Å². The largest absolute Gasteiger partial charge is 0.476 e. The van der Waals surface area contributed by atoms with Crippen LogP contribution in [0.5, 0.6) is 0 Å². The van der Waals surface area contributed by atoms with E-state index >= 15 is 0 Å². The summed E-state index contributed by atoms with van der Waals surface area (Å²) in [6.07, 6.45) is 1.40. The van der Waals surface area contributed by atoms with E-state index in [1.165, 1.54) is 4.31 Å². The van der Waals surface area contributed by atoms with Crippen LogP contribution in [-0.4, -0.2) is 59.3 Å². The van der Waals surface area contributed by atoms with Gasteiger partial charge in [-0.15, -0.1) is 0 Å². The fraction of sp³-hybridized carbons (Fsp3) is 0.692. The van der Waals surface area contributed by atoms with E-state index in [4.69, 9.17) is 5.11 Å². The summed E-state index contributed by atoms with van der Waals surface area (Å²) in [5.74, 6) is -0.974. The third-order valence-electron chi connectivity index (χ3n) is 3.81. The average Bonchev–Trinajstić information content (AvgIpc) is 2.87. The minimum Gasteiger partial charge on any atom is -0.476 e. The number of hydrogen-bond acceptors (Lipinski definition) is 4. The Balaban J connectivity index is 2.14. The van der Waals surface area contributed by atoms with Crippen molar-refractivity contribution in [3.8, 4) is 0 Å². The molecule has 1 saturated heterocycles. The van der Waals surface area contributed by atoms with E-state index in [0.717, 1.165) is 6.42 Å². The first-order valence-corrected chi connectivity index (χ1v) is 8.79. The number of halogens is 1. The molecule has 1 aliphatic rings. The third kappa shape index (κ3) is 3.64. The third-order valence-corrected chi connectivity index (χ3v) is 5.73. The normalized spacial score (nSPS) is 20.2. The molecule has 0 aliphatic carbocycles. The Kier molecular flexibility index (Phi) is 5.17. The minimum absolute atomic E-state index is 0.00742. The molecule has 0 saturated carbocycles. The van der Waals surface area contributed by atoms with Crippen LogP contribution < -0.4 is 0 Å². The summed E-state index contributed by atoms with van der Waals surface area (Å²) in [5.41, 5.74) is 0.423. The summed E-state index contributed by atoms with van der Waals surface area (Å²) < 4.78 is 37.8.